The Labute approximate surface area is 222 Å². The Kier molecular flexibility index (Phi) is 6.26. The molecule has 1 saturated carbocycles. The van der Waals surface area contributed by atoms with Gasteiger partial charge in [-0.15, -0.1) is 0 Å². The van der Waals surface area contributed by atoms with E-state index in [4.69, 9.17) is 9.47 Å². The van der Waals surface area contributed by atoms with Crippen molar-refractivity contribution in [3.05, 3.63) is 103 Å². The molecule has 3 aromatic rings. The summed E-state index contributed by atoms with van der Waals surface area (Å²) in [6.07, 6.45) is 4.64. The van der Waals surface area contributed by atoms with Crippen LogP contribution >= 0.6 is 0 Å². The SMILES string of the molecule is CC1(C)COC(=O)[C@@H]1OC(=O)[C@H]1[C@H]([Sn]([c]2ccccc2)([c]2ccccc2)[c]2ccccc2)[C@@H]2C=C[C@H]1C2. The molecule has 1 saturated heterocycles. The minimum atomic E-state index is -3.86. The standard InChI is InChI=1S/C14H17O4.3C6H5.Sn/c1-14(2)7-17-13(16)11(14)18-12(15)10-6-8-3-4-9(10)5-8;3*1-2-4-6-5-3-1;/h3-4,6,8-11H,5,7H2,1-2H3;3*1-5H;/t8-,9+,10+,11+;;;;/m1..../s1. The van der Waals surface area contributed by atoms with Crippen molar-refractivity contribution in [2.45, 2.75) is 30.3 Å². The molecule has 0 radical (unpaired) electrons. The number of fused-ring (bicyclic) bond motifs is 2. The van der Waals surface area contributed by atoms with Gasteiger partial charge in [0.25, 0.3) is 0 Å². The molecule has 2 aliphatic carbocycles. The Bertz CT molecular complexity index is 1220. The summed E-state index contributed by atoms with van der Waals surface area (Å²) >= 11 is -3.86. The second-order valence-corrected chi connectivity index (χ2v) is 22.8. The van der Waals surface area contributed by atoms with Gasteiger partial charge in [-0.1, -0.05) is 0 Å². The van der Waals surface area contributed by atoms with Gasteiger partial charge in [-0.2, -0.15) is 0 Å². The zero-order valence-corrected chi connectivity index (χ0v) is 24.1. The van der Waals surface area contributed by atoms with E-state index in [1.54, 1.807) is 0 Å². The number of carbonyl (C=O) groups is 2. The number of cyclic esters (lactones) is 1. The first kappa shape index (κ1) is 24.5. The fourth-order valence-corrected chi connectivity index (χ4v) is 24.5. The summed E-state index contributed by atoms with van der Waals surface area (Å²) in [4.78, 5) is 26.7. The van der Waals surface area contributed by atoms with Gasteiger partial charge in [-0.25, -0.2) is 0 Å². The molecule has 5 atom stereocenters. The topological polar surface area (TPSA) is 52.6 Å². The molecule has 1 aliphatic heterocycles. The second-order valence-electron chi connectivity index (χ2n) is 11.3. The number of carbonyl (C=O) groups excluding carboxylic acids is 2. The molecule has 0 N–H and O–H groups in total. The number of benzene rings is 3. The molecule has 3 aliphatic rings. The van der Waals surface area contributed by atoms with E-state index in [1.165, 1.54) is 10.7 Å². The Morgan fingerprint density at radius 3 is 1.76 bits per heavy atom. The number of rotatable bonds is 6. The summed E-state index contributed by atoms with van der Waals surface area (Å²) in [6.45, 7) is 4.12. The fraction of sp³-hybridized carbons (Fsp3) is 0.312. The van der Waals surface area contributed by atoms with E-state index in [0.29, 0.717) is 5.92 Å². The van der Waals surface area contributed by atoms with Crippen LogP contribution in [-0.2, 0) is 19.1 Å². The van der Waals surface area contributed by atoms with Gasteiger partial charge in [0.2, 0.25) is 0 Å². The molecule has 0 amide bonds. The van der Waals surface area contributed by atoms with Crippen molar-refractivity contribution in [2.24, 2.45) is 23.2 Å². The average molecular weight is 599 g/mol. The molecule has 37 heavy (non-hydrogen) atoms. The van der Waals surface area contributed by atoms with E-state index < -0.39 is 35.9 Å². The van der Waals surface area contributed by atoms with Crippen LogP contribution in [0.5, 0.6) is 0 Å². The Hall–Kier alpha value is -2.86. The third-order valence-electron chi connectivity index (χ3n) is 8.66. The summed E-state index contributed by atoms with van der Waals surface area (Å²) in [5, 5.41) is 0. The van der Waals surface area contributed by atoms with Crippen LogP contribution in [0.1, 0.15) is 20.3 Å². The van der Waals surface area contributed by atoms with Crippen molar-refractivity contribution in [1.82, 2.24) is 0 Å². The molecule has 0 unspecified atom stereocenters. The Balaban J connectivity index is 1.54. The first-order valence-corrected chi connectivity index (χ1v) is 19.1. The normalized spacial score (nSPS) is 27.7. The molecule has 188 valence electrons. The third kappa shape index (κ3) is 3.95. The van der Waals surface area contributed by atoms with Crippen LogP contribution in [0.3, 0.4) is 0 Å². The number of allylic oxidation sites excluding steroid dienone is 2. The second kappa shape index (κ2) is 9.46. The van der Waals surface area contributed by atoms with Gasteiger partial charge in [-0.05, 0) is 0 Å². The monoisotopic (exact) mass is 600 g/mol. The van der Waals surface area contributed by atoms with Crippen molar-refractivity contribution in [3.8, 4) is 0 Å². The van der Waals surface area contributed by atoms with Crippen molar-refractivity contribution in [3.63, 3.8) is 0 Å². The average Bonchev–Trinajstić information content (AvgIpc) is 3.62. The molecule has 5 heteroatoms. The molecular weight excluding hydrogens is 567 g/mol. The fourth-order valence-electron chi connectivity index (χ4n) is 7.04. The predicted molar refractivity (Wildman–Crippen MR) is 147 cm³/mol. The molecule has 0 aromatic heterocycles. The van der Waals surface area contributed by atoms with Crippen LogP contribution in [0.2, 0.25) is 3.93 Å². The molecule has 6 rings (SSSR count). The first-order valence-electron chi connectivity index (χ1n) is 13.1. The van der Waals surface area contributed by atoms with Crippen LogP contribution < -0.4 is 10.7 Å². The number of ether oxygens (including phenoxy) is 2. The van der Waals surface area contributed by atoms with E-state index in [0.717, 1.165) is 6.42 Å². The van der Waals surface area contributed by atoms with Crippen molar-refractivity contribution in [2.75, 3.05) is 6.61 Å². The minimum absolute atomic E-state index is 0.121. The number of esters is 2. The zero-order valence-electron chi connectivity index (χ0n) is 21.2. The van der Waals surface area contributed by atoms with Gasteiger partial charge in [-0.3, -0.25) is 0 Å². The van der Waals surface area contributed by atoms with E-state index in [2.05, 4.69) is 103 Å². The molecule has 1 heterocycles. The van der Waals surface area contributed by atoms with Gasteiger partial charge in [0.05, 0.1) is 0 Å². The number of hydrogen-bond acceptors (Lipinski definition) is 4. The van der Waals surface area contributed by atoms with Gasteiger partial charge < -0.3 is 0 Å². The maximum absolute atomic E-state index is 14.1. The van der Waals surface area contributed by atoms with Gasteiger partial charge in [0, 0.05) is 0 Å². The van der Waals surface area contributed by atoms with E-state index in [9.17, 15) is 9.59 Å². The van der Waals surface area contributed by atoms with Gasteiger partial charge in [0.1, 0.15) is 0 Å². The van der Waals surface area contributed by atoms with E-state index in [1.807, 2.05) is 13.8 Å². The predicted octanol–water partition coefficient (Wildman–Crippen LogP) is 3.84. The maximum atomic E-state index is 14.1. The van der Waals surface area contributed by atoms with Crippen LogP contribution in [0.25, 0.3) is 0 Å². The van der Waals surface area contributed by atoms with Crippen molar-refractivity contribution < 1.29 is 19.1 Å². The molecular formula is C32H32O4Sn. The molecule has 2 bridgehead atoms. The summed E-state index contributed by atoms with van der Waals surface area (Å²) in [6, 6.07) is 32.6. The molecule has 3 aromatic carbocycles. The summed E-state index contributed by atoms with van der Waals surface area (Å²) < 4.78 is 15.6. The molecule has 2 fully saturated rings. The van der Waals surface area contributed by atoms with Crippen LogP contribution in [0.15, 0.2) is 103 Å². The van der Waals surface area contributed by atoms with E-state index >= 15 is 0 Å². The van der Waals surface area contributed by atoms with Gasteiger partial charge in [0.15, 0.2) is 0 Å². The zero-order chi connectivity index (χ0) is 25.6. The van der Waals surface area contributed by atoms with Crippen molar-refractivity contribution in [1.29, 1.82) is 0 Å². The van der Waals surface area contributed by atoms with Crippen LogP contribution in [0.4, 0.5) is 0 Å². The van der Waals surface area contributed by atoms with Gasteiger partial charge >= 0.3 is 223 Å². The third-order valence-corrected chi connectivity index (χ3v) is 24.4. The Morgan fingerprint density at radius 1 is 0.811 bits per heavy atom. The molecule has 4 nitrogen and oxygen atoms in total. The summed E-state index contributed by atoms with van der Waals surface area (Å²) in [7, 11) is 0. The molecule has 0 spiro atoms. The number of hydrogen-bond donors (Lipinski definition) is 0. The summed E-state index contributed by atoms with van der Waals surface area (Å²) in [5.41, 5.74) is -0.533. The first-order chi connectivity index (χ1) is 17.9. The Morgan fingerprint density at radius 2 is 1.30 bits per heavy atom. The van der Waals surface area contributed by atoms with E-state index in [-0.39, 0.29) is 28.3 Å². The van der Waals surface area contributed by atoms with Crippen molar-refractivity contribution >= 4 is 41.1 Å². The quantitative estimate of drug-likeness (QED) is 0.246. The summed E-state index contributed by atoms with van der Waals surface area (Å²) in [5.74, 6) is -0.562. The van der Waals surface area contributed by atoms with Crippen LogP contribution in [-0.4, -0.2) is 43.0 Å². The van der Waals surface area contributed by atoms with Crippen LogP contribution in [0, 0.1) is 23.2 Å².